The van der Waals surface area contributed by atoms with Crippen molar-refractivity contribution in [2.45, 2.75) is 70.5 Å². The Kier molecular flexibility index (Phi) is 17.4. The van der Waals surface area contributed by atoms with Gasteiger partial charge in [0.2, 0.25) is 23.6 Å². The molecule has 3 heterocycles. The predicted molar refractivity (Wildman–Crippen MR) is 208 cm³/mol. The number of anilines is 1. The molecule has 5 N–H and O–H groups in total. The second-order valence-corrected chi connectivity index (χ2v) is 13.5. The molecule has 6 amide bonds. The zero-order valence-corrected chi connectivity index (χ0v) is 32.6. The molecule has 20 nitrogen and oxygen atoms in total. The number of aromatic nitrogens is 3. The molecule has 316 valence electrons. The van der Waals surface area contributed by atoms with Crippen molar-refractivity contribution in [3.63, 3.8) is 0 Å². The zero-order valence-electron chi connectivity index (χ0n) is 32.6. The molecule has 2 aromatic carbocycles. The van der Waals surface area contributed by atoms with E-state index in [9.17, 15) is 28.8 Å². The normalized spacial score (nSPS) is 15.1. The number of amides is 6. The molecule has 3 aromatic rings. The molecule has 1 fully saturated rings. The number of nitrogens with zero attached hydrogens (tertiary/aromatic N) is 5. The van der Waals surface area contributed by atoms with E-state index in [1.807, 2.05) is 12.1 Å². The minimum atomic E-state index is -1.04. The van der Waals surface area contributed by atoms with Crippen LogP contribution in [0.3, 0.4) is 0 Å². The van der Waals surface area contributed by atoms with E-state index in [1.54, 1.807) is 46.8 Å². The van der Waals surface area contributed by atoms with Gasteiger partial charge in [-0.3, -0.25) is 44.2 Å². The number of piperidine rings is 1. The van der Waals surface area contributed by atoms with E-state index in [1.165, 1.54) is 6.07 Å². The number of carbonyl (C=O) groups excluding carboxylic acids is 6. The molecule has 5 rings (SSSR count). The zero-order chi connectivity index (χ0) is 41.8. The summed E-state index contributed by atoms with van der Waals surface area (Å²) in [6.07, 6.45) is 6.98. The number of carbonyl (C=O) groups is 6. The highest BCUT2D eigenvalue weighted by Gasteiger charge is 2.45. The smallest absolute Gasteiger partial charge is 0.264 e. The van der Waals surface area contributed by atoms with Gasteiger partial charge in [-0.15, -0.1) is 5.10 Å². The van der Waals surface area contributed by atoms with Gasteiger partial charge >= 0.3 is 0 Å². The number of hydrogen-bond acceptors (Lipinski definition) is 15. The van der Waals surface area contributed by atoms with Crippen LogP contribution in [0.25, 0.3) is 0 Å². The molecule has 0 radical (unpaired) electrons. The molecule has 2 aliphatic rings. The third-order valence-corrected chi connectivity index (χ3v) is 9.18. The van der Waals surface area contributed by atoms with Gasteiger partial charge < -0.3 is 24.3 Å². The first-order valence-corrected chi connectivity index (χ1v) is 19.4. The lowest BCUT2D eigenvalue weighted by Crippen LogP contribution is -2.54. The molecule has 1 unspecified atom stereocenters. The van der Waals surface area contributed by atoms with E-state index in [2.05, 4.69) is 31.5 Å². The molecule has 59 heavy (non-hydrogen) atoms. The minimum absolute atomic E-state index is 0.0461. The van der Waals surface area contributed by atoms with Crippen LogP contribution in [0.2, 0.25) is 0 Å². The average Bonchev–Trinajstić information content (AvgIpc) is 3.80. The Labute approximate surface area is 339 Å². The van der Waals surface area contributed by atoms with Crippen LogP contribution in [0, 0.1) is 0 Å². The van der Waals surface area contributed by atoms with Gasteiger partial charge in [-0.25, -0.2) is 15.6 Å². The topological polar surface area (TPSA) is 254 Å². The fourth-order valence-electron chi connectivity index (χ4n) is 6.16. The summed E-state index contributed by atoms with van der Waals surface area (Å²) in [7, 11) is 0. The molecule has 1 saturated heterocycles. The summed E-state index contributed by atoms with van der Waals surface area (Å²) in [6, 6.07) is 11.1. The first kappa shape index (κ1) is 44.0. The maximum atomic E-state index is 13.3. The van der Waals surface area contributed by atoms with Crippen LogP contribution in [-0.2, 0) is 46.5 Å². The standard InChI is InChI=1S/C39H49N9O11/c49-33-15-14-32(37(52)42-33)48-38(53)30-6-5-7-31(36(30)39(48)54)40-25-28-26-47(46-43-28)16-17-56-18-19-57-20-21-58-22-23-59-29-12-10-27(11-13-29)24-41-44-34(50)8-3-1-2-4-9-35(51)45-55/h5-7,10-13,24,26,32,40,55H,1-4,8-9,14-23,25H2,(H,44,50)(H,45,51)(H,42,49,52). The van der Waals surface area contributed by atoms with E-state index in [0.717, 1.165) is 23.3 Å². The Morgan fingerprint density at radius 3 is 2.27 bits per heavy atom. The summed E-state index contributed by atoms with van der Waals surface area (Å²) in [5.41, 5.74) is 6.28. The quantitative estimate of drug-likeness (QED) is 0.0254. The fraction of sp³-hybridized carbons (Fsp3) is 0.462. The second-order valence-electron chi connectivity index (χ2n) is 13.5. The lowest BCUT2D eigenvalue weighted by Gasteiger charge is -2.27. The van der Waals surface area contributed by atoms with Crippen molar-refractivity contribution < 1.29 is 52.9 Å². The molecule has 2 aliphatic heterocycles. The van der Waals surface area contributed by atoms with Crippen molar-refractivity contribution in [2.75, 3.05) is 51.6 Å². The van der Waals surface area contributed by atoms with Gasteiger partial charge in [0.25, 0.3) is 11.8 Å². The molecule has 1 aromatic heterocycles. The highest BCUT2D eigenvalue weighted by molar-refractivity contribution is 6.25. The van der Waals surface area contributed by atoms with Crippen LogP contribution in [0.1, 0.15) is 83.3 Å². The molecule has 0 saturated carbocycles. The second kappa shape index (κ2) is 23.3. The summed E-state index contributed by atoms with van der Waals surface area (Å²) in [6.45, 7) is 3.40. The highest BCUT2D eigenvalue weighted by Crippen LogP contribution is 2.32. The van der Waals surface area contributed by atoms with Crippen molar-refractivity contribution in [3.05, 3.63) is 71.0 Å². The average molecular weight is 820 g/mol. The first-order valence-electron chi connectivity index (χ1n) is 19.4. The number of hydrazone groups is 1. The van der Waals surface area contributed by atoms with Crippen LogP contribution in [0.15, 0.2) is 53.8 Å². The third kappa shape index (κ3) is 13.8. The van der Waals surface area contributed by atoms with Crippen LogP contribution in [0.4, 0.5) is 5.69 Å². The van der Waals surface area contributed by atoms with Crippen molar-refractivity contribution in [1.82, 2.24) is 36.1 Å². The number of rotatable bonds is 26. The lowest BCUT2D eigenvalue weighted by atomic mass is 10.0. The van der Waals surface area contributed by atoms with Gasteiger partial charge in [0.1, 0.15) is 24.1 Å². The number of unbranched alkanes of at least 4 members (excludes halogenated alkanes) is 3. The Hall–Kier alpha value is -6.09. The maximum absolute atomic E-state index is 13.3. The van der Waals surface area contributed by atoms with Gasteiger partial charge in [-0.2, -0.15) is 5.10 Å². The molecule has 1 atom stereocenters. The summed E-state index contributed by atoms with van der Waals surface area (Å²) in [5.74, 6) is -2.18. The number of hydroxylamine groups is 1. The molecule has 0 aliphatic carbocycles. The van der Waals surface area contributed by atoms with Gasteiger partial charge in [0.05, 0.1) is 76.3 Å². The fourth-order valence-corrected chi connectivity index (χ4v) is 6.16. The number of fused-ring (bicyclic) bond motifs is 1. The molecule has 0 bridgehead atoms. The number of ether oxygens (including phenoxy) is 4. The van der Waals surface area contributed by atoms with Crippen molar-refractivity contribution in [3.8, 4) is 5.75 Å². The van der Waals surface area contributed by atoms with Crippen LogP contribution in [-0.4, -0.2) is 119 Å². The van der Waals surface area contributed by atoms with Crippen molar-refractivity contribution >= 4 is 47.3 Å². The minimum Gasteiger partial charge on any atom is -0.491 e. The predicted octanol–water partition coefficient (Wildman–Crippen LogP) is 1.72. The lowest BCUT2D eigenvalue weighted by molar-refractivity contribution is -0.136. The summed E-state index contributed by atoms with van der Waals surface area (Å²) < 4.78 is 24.1. The molecular weight excluding hydrogens is 770 g/mol. The van der Waals surface area contributed by atoms with E-state index >= 15 is 0 Å². The highest BCUT2D eigenvalue weighted by atomic mass is 16.6. The molecule has 0 spiro atoms. The van der Waals surface area contributed by atoms with Crippen LogP contribution >= 0.6 is 0 Å². The van der Waals surface area contributed by atoms with Crippen molar-refractivity contribution in [1.29, 1.82) is 0 Å². The monoisotopic (exact) mass is 819 g/mol. The van der Waals surface area contributed by atoms with Gasteiger partial charge in [0, 0.05) is 24.9 Å². The number of imide groups is 2. The Balaban J connectivity index is 0.856. The Morgan fingerprint density at radius 2 is 1.56 bits per heavy atom. The van der Waals surface area contributed by atoms with E-state index < -0.39 is 35.6 Å². The summed E-state index contributed by atoms with van der Waals surface area (Å²) >= 11 is 0. The van der Waals surface area contributed by atoms with E-state index in [4.69, 9.17) is 24.2 Å². The Morgan fingerprint density at radius 1 is 0.864 bits per heavy atom. The van der Waals surface area contributed by atoms with Gasteiger partial charge in [0.15, 0.2) is 0 Å². The molecular formula is C39H49N9O11. The number of nitrogens with one attached hydrogen (secondary N) is 4. The summed E-state index contributed by atoms with van der Waals surface area (Å²) in [4.78, 5) is 74.1. The van der Waals surface area contributed by atoms with Gasteiger partial charge in [-0.1, -0.05) is 24.1 Å². The maximum Gasteiger partial charge on any atom is 0.264 e. The van der Waals surface area contributed by atoms with Crippen LogP contribution < -0.4 is 26.3 Å². The number of benzene rings is 2. The third-order valence-electron chi connectivity index (χ3n) is 9.18. The van der Waals surface area contributed by atoms with Crippen LogP contribution in [0.5, 0.6) is 5.75 Å². The number of hydrogen-bond donors (Lipinski definition) is 5. The largest absolute Gasteiger partial charge is 0.491 e. The SMILES string of the molecule is O=C(CCCCCCC(=O)NN=Cc1ccc(OCCOCCOCCOCCn2cc(CNc3cccc4c3C(=O)N(C3CCC(=O)NC3=O)C4=O)nn2)cc1)NO. The van der Waals surface area contributed by atoms with Gasteiger partial charge in [-0.05, 0) is 61.2 Å². The van der Waals surface area contributed by atoms with Crippen molar-refractivity contribution in [2.24, 2.45) is 5.10 Å². The Bertz CT molecular complexity index is 1940. The first-order chi connectivity index (χ1) is 28.7. The van der Waals surface area contributed by atoms with E-state index in [0.29, 0.717) is 89.2 Å². The van der Waals surface area contributed by atoms with E-state index in [-0.39, 0.29) is 42.8 Å². The summed E-state index contributed by atoms with van der Waals surface area (Å²) in [5, 5.41) is 26.1. The molecule has 20 heteroatoms.